The van der Waals surface area contributed by atoms with Crippen LogP contribution in [-0.4, -0.2) is 35.0 Å². The molecular weight excluding hydrogens is 356 g/mol. The van der Waals surface area contributed by atoms with Gasteiger partial charge in [-0.25, -0.2) is 9.78 Å². The molecule has 3 aromatic rings. The first kappa shape index (κ1) is 18.9. The second-order valence-electron chi connectivity index (χ2n) is 6.06. The molecule has 2 N–H and O–H groups in total. The number of H-pyrrole nitrogens is 1. The van der Waals surface area contributed by atoms with Gasteiger partial charge in [0.25, 0.3) is 12.5 Å². The Bertz CT molecular complexity index is 1010. The molecule has 0 bridgehead atoms. The summed E-state index contributed by atoms with van der Waals surface area (Å²) in [6, 6.07) is 13.5. The Hall–Kier alpha value is -3.92. The van der Waals surface area contributed by atoms with Crippen molar-refractivity contribution in [2.24, 2.45) is 0 Å². The van der Waals surface area contributed by atoms with Crippen molar-refractivity contribution in [3.8, 4) is 17.7 Å². The van der Waals surface area contributed by atoms with Crippen LogP contribution < -0.4 is 5.32 Å². The van der Waals surface area contributed by atoms with E-state index >= 15 is 0 Å². The maximum absolute atomic E-state index is 13.0. The predicted molar refractivity (Wildman–Crippen MR) is 105 cm³/mol. The van der Waals surface area contributed by atoms with Gasteiger partial charge < -0.3 is 15.0 Å². The Morgan fingerprint density at radius 3 is 2.68 bits per heavy atom. The Kier molecular flexibility index (Phi) is 5.82. The van der Waals surface area contributed by atoms with Crippen molar-refractivity contribution in [3.05, 3.63) is 77.2 Å². The molecule has 0 aliphatic rings. The summed E-state index contributed by atoms with van der Waals surface area (Å²) >= 11 is 0. The average Bonchev–Trinajstić information content (AvgIpc) is 3.26. The number of imidazole rings is 1. The molecule has 1 heterocycles. The lowest BCUT2D eigenvalue weighted by molar-refractivity contribution is -0.142. The number of carbonyl (C=O) groups is 2. The molecule has 7 heteroatoms. The van der Waals surface area contributed by atoms with Crippen LogP contribution in [0.3, 0.4) is 0 Å². The second-order valence-corrected chi connectivity index (χ2v) is 6.06. The van der Waals surface area contributed by atoms with E-state index in [-0.39, 0.29) is 6.42 Å². The van der Waals surface area contributed by atoms with E-state index in [1.165, 1.54) is 13.4 Å². The summed E-state index contributed by atoms with van der Waals surface area (Å²) in [5, 5.41) is 2.75. The highest BCUT2D eigenvalue weighted by molar-refractivity contribution is 6.03. The third kappa shape index (κ3) is 4.24. The molecule has 140 valence electrons. The number of rotatable bonds is 6. The summed E-state index contributed by atoms with van der Waals surface area (Å²) in [6.45, 7) is 5.39. The zero-order valence-corrected chi connectivity index (χ0v) is 15.3. The van der Waals surface area contributed by atoms with Gasteiger partial charge in [-0.05, 0) is 16.5 Å². The fraction of sp³-hybridized carbons (Fsp3) is 0.143. The van der Waals surface area contributed by atoms with Crippen molar-refractivity contribution in [3.63, 3.8) is 0 Å². The van der Waals surface area contributed by atoms with Crippen LogP contribution in [0.5, 0.6) is 0 Å². The Morgan fingerprint density at radius 1 is 1.25 bits per heavy atom. The number of benzene rings is 2. The summed E-state index contributed by atoms with van der Waals surface area (Å²) < 4.78 is 4.83. The SMILES string of the molecule is C#[N+]c1ccc(C(=O)N[C@H](Cc2cnc[nH]2)C(=O)OC)c(-c2ccccc2)c1. The number of nitrogens with zero attached hydrogens (tertiary/aromatic N) is 2. The van der Waals surface area contributed by atoms with Crippen LogP contribution in [0.25, 0.3) is 16.0 Å². The van der Waals surface area contributed by atoms with Crippen molar-refractivity contribution in [2.75, 3.05) is 7.11 Å². The van der Waals surface area contributed by atoms with Gasteiger partial charge in [0, 0.05) is 41.6 Å². The number of carbonyl (C=O) groups excluding carboxylic acids is 2. The topological polar surface area (TPSA) is 88.4 Å². The number of hydrogen-bond donors (Lipinski definition) is 2. The van der Waals surface area contributed by atoms with Gasteiger partial charge in [-0.2, -0.15) is 0 Å². The zero-order chi connectivity index (χ0) is 19.9. The van der Waals surface area contributed by atoms with Gasteiger partial charge in [-0.3, -0.25) is 4.79 Å². The number of ether oxygens (including phenoxy) is 1. The second kappa shape index (κ2) is 8.64. The molecule has 2 aromatic carbocycles. The number of nitrogens with one attached hydrogen (secondary N) is 2. The minimum atomic E-state index is -0.861. The average molecular weight is 375 g/mol. The van der Waals surface area contributed by atoms with Crippen molar-refractivity contribution in [1.29, 1.82) is 0 Å². The van der Waals surface area contributed by atoms with Crippen molar-refractivity contribution in [1.82, 2.24) is 15.3 Å². The molecule has 1 amide bonds. The molecule has 0 saturated carbocycles. The maximum atomic E-state index is 13.0. The van der Waals surface area contributed by atoms with E-state index in [1.807, 2.05) is 30.3 Å². The maximum Gasteiger partial charge on any atom is 0.340 e. The largest absolute Gasteiger partial charge is 0.467 e. The van der Waals surface area contributed by atoms with E-state index in [0.29, 0.717) is 22.5 Å². The number of esters is 1. The highest BCUT2D eigenvalue weighted by atomic mass is 16.5. The highest BCUT2D eigenvalue weighted by Crippen LogP contribution is 2.28. The lowest BCUT2D eigenvalue weighted by Crippen LogP contribution is -2.43. The fourth-order valence-electron chi connectivity index (χ4n) is 2.85. The van der Waals surface area contributed by atoms with Crippen LogP contribution >= 0.6 is 0 Å². The number of aromatic amines is 1. The molecule has 1 atom stereocenters. The Morgan fingerprint density at radius 2 is 2.04 bits per heavy atom. The molecule has 0 unspecified atom stereocenters. The summed E-state index contributed by atoms with van der Waals surface area (Å²) in [5.74, 6) is -0.949. The lowest BCUT2D eigenvalue weighted by atomic mass is 9.98. The van der Waals surface area contributed by atoms with E-state index in [4.69, 9.17) is 11.3 Å². The minimum Gasteiger partial charge on any atom is -0.467 e. The molecule has 1 aromatic heterocycles. The van der Waals surface area contributed by atoms with Crippen LogP contribution in [0, 0.1) is 6.57 Å². The van der Waals surface area contributed by atoms with Gasteiger partial charge in [-0.1, -0.05) is 30.3 Å². The minimum absolute atomic E-state index is 0.231. The summed E-state index contributed by atoms with van der Waals surface area (Å²) in [4.78, 5) is 35.7. The normalized spacial score (nSPS) is 11.3. The van der Waals surface area contributed by atoms with E-state index in [1.54, 1.807) is 24.4 Å². The van der Waals surface area contributed by atoms with Crippen LogP contribution in [0.4, 0.5) is 5.69 Å². The van der Waals surface area contributed by atoms with Crippen molar-refractivity contribution in [2.45, 2.75) is 12.5 Å². The lowest BCUT2D eigenvalue weighted by Gasteiger charge is -2.17. The first-order valence-electron chi connectivity index (χ1n) is 8.58. The van der Waals surface area contributed by atoms with Gasteiger partial charge in [-0.15, -0.1) is 0 Å². The third-order valence-corrected chi connectivity index (χ3v) is 4.25. The molecule has 7 nitrogen and oxygen atoms in total. The number of methoxy groups -OCH3 is 1. The van der Waals surface area contributed by atoms with Gasteiger partial charge in [0.05, 0.1) is 13.4 Å². The molecule has 28 heavy (non-hydrogen) atoms. The Labute approximate surface area is 162 Å². The number of aromatic nitrogens is 2. The van der Waals surface area contributed by atoms with Gasteiger partial charge >= 0.3 is 11.7 Å². The van der Waals surface area contributed by atoms with Crippen LogP contribution in [0.15, 0.2) is 61.1 Å². The zero-order valence-electron chi connectivity index (χ0n) is 15.3. The molecule has 0 aliphatic carbocycles. The van der Waals surface area contributed by atoms with Crippen molar-refractivity contribution < 1.29 is 14.3 Å². The first-order chi connectivity index (χ1) is 13.6. The number of hydrogen-bond acceptors (Lipinski definition) is 4. The van der Waals surface area contributed by atoms with Gasteiger partial charge in [0.2, 0.25) is 0 Å². The fourth-order valence-corrected chi connectivity index (χ4v) is 2.85. The van der Waals surface area contributed by atoms with Crippen LogP contribution in [-0.2, 0) is 16.0 Å². The van der Waals surface area contributed by atoms with E-state index in [9.17, 15) is 9.59 Å². The third-order valence-electron chi connectivity index (χ3n) is 4.25. The van der Waals surface area contributed by atoms with E-state index in [0.717, 1.165) is 5.56 Å². The molecule has 3 rings (SSSR count). The standard InChI is InChI=1S/C21H18N4O3/c1-22-15-8-9-17(18(10-15)14-6-4-3-5-7-14)20(26)25-19(21(27)28-2)11-16-12-23-13-24-16/h1,3-10,12-13,19H,11H2,2H3,(H-,23,24,25,26)/p+1/t19-/m1/s1. The first-order valence-corrected chi connectivity index (χ1v) is 8.58. The van der Waals surface area contributed by atoms with E-state index in [2.05, 4.69) is 20.1 Å². The highest BCUT2D eigenvalue weighted by Gasteiger charge is 2.25. The summed E-state index contributed by atoms with van der Waals surface area (Å²) in [7, 11) is 1.28. The van der Waals surface area contributed by atoms with Gasteiger partial charge in [0.15, 0.2) is 0 Å². The molecular formula is C21H19N4O3+. The molecule has 0 aliphatic heterocycles. The predicted octanol–water partition coefficient (Wildman–Crippen LogP) is 3.19. The summed E-state index contributed by atoms with van der Waals surface area (Å²) in [5.41, 5.74) is 3.14. The Balaban J connectivity index is 1.92. The van der Waals surface area contributed by atoms with Crippen molar-refractivity contribution >= 4 is 17.6 Å². The monoisotopic (exact) mass is 375 g/mol. The quantitative estimate of drug-likeness (QED) is 0.648. The smallest absolute Gasteiger partial charge is 0.340 e. The number of amides is 1. The molecule has 0 radical (unpaired) electrons. The van der Waals surface area contributed by atoms with Gasteiger partial charge in [0.1, 0.15) is 6.04 Å². The van der Waals surface area contributed by atoms with Crippen LogP contribution in [0.1, 0.15) is 16.1 Å². The van der Waals surface area contributed by atoms with E-state index < -0.39 is 17.9 Å². The molecule has 0 spiro atoms. The molecule has 0 fully saturated rings. The molecule has 0 saturated heterocycles. The summed E-state index contributed by atoms with van der Waals surface area (Å²) in [6.07, 6.45) is 3.33. The van der Waals surface area contributed by atoms with Crippen LogP contribution in [0.2, 0.25) is 0 Å².